The SMILES string of the molecule is NCCCCCC(=O)N(CCc1nc(-c2cccc([N+](=O)[O-])c2)no1)Cc1ccco1. The van der Waals surface area contributed by atoms with E-state index in [2.05, 4.69) is 10.1 Å². The summed E-state index contributed by atoms with van der Waals surface area (Å²) >= 11 is 0. The molecule has 0 unspecified atom stereocenters. The minimum absolute atomic E-state index is 0.0202. The van der Waals surface area contributed by atoms with Gasteiger partial charge in [0.05, 0.1) is 17.7 Å². The number of nitro benzene ring substituents is 1. The molecule has 3 rings (SSSR count). The normalized spacial score (nSPS) is 10.9. The van der Waals surface area contributed by atoms with Crippen molar-refractivity contribution in [2.75, 3.05) is 13.1 Å². The van der Waals surface area contributed by atoms with Crippen LogP contribution in [0.5, 0.6) is 0 Å². The van der Waals surface area contributed by atoms with Gasteiger partial charge in [0.2, 0.25) is 17.6 Å². The molecule has 1 aromatic carbocycles. The van der Waals surface area contributed by atoms with E-state index in [1.165, 1.54) is 12.1 Å². The van der Waals surface area contributed by atoms with Gasteiger partial charge >= 0.3 is 0 Å². The Kier molecular flexibility index (Phi) is 7.88. The maximum Gasteiger partial charge on any atom is 0.270 e. The van der Waals surface area contributed by atoms with Crippen LogP contribution in [-0.2, 0) is 17.8 Å². The van der Waals surface area contributed by atoms with Crippen molar-refractivity contribution in [3.05, 3.63) is 64.4 Å². The number of nitrogens with two attached hydrogens (primary N) is 1. The minimum Gasteiger partial charge on any atom is -0.467 e. The lowest BCUT2D eigenvalue weighted by Gasteiger charge is -2.21. The Morgan fingerprint density at radius 3 is 2.81 bits per heavy atom. The number of unbranched alkanes of at least 4 members (excludes halogenated alkanes) is 2. The summed E-state index contributed by atoms with van der Waals surface area (Å²) in [6.45, 7) is 1.36. The molecule has 31 heavy (non-hydrogen) atoms. The predicted molar refractivity (Wildman–Crippen MR) is 112 cm³/mol. The second kappa shape index (κ2) is 11.0. The number of carbonyl (C=O) groups excluding carboxylic acids is 1. The average Bonchev–Trinajstić information content (AvgIpc) is 3.46. The standard InChI is InChI=1S/C21H25N5O5/c22-11-3-1-2-9-20(27)25(15-18-8-5-13-30-18)12-10-19-23-21(24-31-19)16-6-4-7-17(14-16)26(28)29/h4-8,13-14H,1-3,9-12,15,22H2. The van der Waals surface area contributed by atoms with Crippen LogP contribution in [-0.4, -0.2) is 39.0 Å². The van der Waals surface area contributed by atoms with Crippen LogP contribution >= 0.6 is 0 Å². The Balaban J connectivity index is 1.63. The highest BCUT2D eigenvalue weighted by Gasteiger charge is 2.18. The third-order valence-electron chi connectivity index (χ3n) is 4.75. The van der Waals surface area contributed by atoms with Crippen LogP contribution in [0.3, 0.4) is 0 Å². The summed E-state index contributed by atoms with van der Waals surface area (Å²) in [5.74, 6) is 1.33. The second-order valence-electron chi connectivity index (χ2n) is 7.06. The lowest BCUT2D eigenvalue weighted by atomic mass is 10.1. The molecule has 2 heterocycles. The summed E-state index contributed by atoms with van der Waals surface area (Å²) in [5.41, 5.74) is 5.96. The van der Waals surface area contributed by atoms with Crippen molar-refractivity contribution in [2.24, 2.45) is 5.73 Å². The first-order valence-electron chi connectivity index (χ1n) is 10.1. The number of non-ortho nitro benzene ring substituents is 1. The van der Waals surface area contributed by atoms with Gasteiger partial charge in [0, 0.05) is 37.1 Å². The van der Waals surface area contributed by atoms with Gasteiger partial charge in [-0.15, -0.1) is 0 Å². The topological polar surface area (TPSA) is 142 Å². The highest BCUT2D eigenvalue weighted by Crippen LogP contribution is 2.21. The number of nitrogens with zero attached hydrogens (tertiary/aromatic N) is 4. The van der Waals surface area contributed by atoms with Gasteiger partial charge in [0.25, 0.3) is 5.69 Å². The monoisotopic (exact) mass is 427 g/mol. The van der Waals surface area contributed by atoms with E-state index in [9.17, 15) is 14.9 Å². The van der Waals surface area contributed by atoms with Crippen LogP contribution < -0.4 is 5.73 Å². The van der Waals surface area contributed by atoms with Crippen LogP contribution in [0.2, 0.25) is 0 Å². The van der Waals surface area contributed by atoms with Crippen molar-refractivity contribution >= 4 is 11.6 Å². The van der Waals surface area contributed by atoms with Crippen LogP contribution in [0.25, 0.3) is 11.4 Å². The van der Waals surface area contributed by atoms with Crippen molar-refractivity contribution in [2.45, 2.75) is 38.6 Å². The molecule has 0 radical (unpaired) electrons. The van der Waals surface area contributed by atoms with Crippen LogP contribution in [0.4, 0.5) is 5.69 Å². The van der Waals surface area contributed by atoms with E-state index in [-0.39, 0.29) is 17.4 Å². The summed E-state index contributed by atoms with van der Waals surface area (Å²) in [7, 11) is 0. The predicted octanol–water partition coefficient (Wildman–Crippen LogP) is 3.33. The molecule has 0 atom stereocenters. The van der Waals surface area contributed by atoms with Gasteiger partial charge in [-0.2, -0.15) is 4.98 Å². The van der Waals surface area contributed by atoms with Gasteiger partial charge in [-0.25, -0.2) is 0 Å². The van der Waals surface area contributed by atoms with Crippen molar-refractivity contribution in [1.82, 2.24) is 15.0 Å². The molecule has 3 aromatic rings. The largest absolute Gasteiger partial charge is 0.467 e. The lowest BCUT2D eigenvalue weighted by Crippen LogP contribution is -2.32. The summed E-state index contributed by atoms with van der Waals surface area (Å²) in [6, 6.07) is 9.64. The van der Waals surface area contributed by atoms with Crippen molar-refractivity contribution in [1.29, 1.82) is 0 Å². The zero-order chi connectivity index (χ0) is 22.1. The van der Waals surface area contributed by atoms with Crippen LogP contribution in [0.15, 0.2) is 51.6 Å². The number of amides is 1. The fraction of sp³-hybridized carbons (Fsp3) is 0.381. The maximum atomic E-state index is 12.7. The summed E-state index contributed by atoms with van der Waals surface area (Å²) in [6.07, 6.45) is 4.95. The third kappa shape index (κ3) is 6.48. The molecule has 0 aliphatic carbocycles. The molecule has 164 valence electrons. The van der Waals surface area contributed by atoms with E-state index >= 15 is 0 Å². The number of hydrogen-bond donors (Lipinski definition) is 1. The molecule has 0 bridgehead atoms. The van der Waals surface area contributed by atoms with Crippen LogP contribution in [0, 0.1) is 10.1 Å². The van der Waals surface area contributed by atoms with Gasteiger partial charge in [-0.3, -0.25) is 14.9 Å². The van der Waals surface area contributed by atoms with Gasteiger partial charge in [0.15, 0.2) is 0 Å². The molecule has 0 aliphatic heterocycles. The first-order valence-corrected chi connectivity index (χ1v) is 10.1. The molecular formula is C21H25N5O5. The molecule has 2 aromatic heterocycles. The Hall–Kier alpha value is -3.53. The molecule has 0 spiro atoms. The van der Waals surface area contributed by atoms with E-state index < -0.39 is 4.92 Å². The fourth-order valence-electron chi connectivity index (χ4n) is 3.10. The maximum absolute atomic E-state index is 12.7. The number of furan rings is 1. The first-order chi connectivity index (χ1) is 15.1. The van der Waals surface area contributed by atoms with Crippen molar-refractivity contribution < 1.29 is 18.7 Å². The molecule has 0 saturated carbocycles. The quantitative estimate of drug-likeness (QED) is 0.263. The van der Waals surface area contributed by atoms with Gasteiger partial charge < -0.3 is 19.6 Å². The highest BCUT2D eigenvalue weighted by molar-refractivity contribution is 5.76. The number of nitro groups is 1. The summed E-state index contributed by atoms with van der Waals surface area (Å²) in [4.78, 5) is 29.2. The summed E-state index contributed by atoms with van der Waals surface area (Å²) in [5, 5.41) is 14.9. The van der Waals surface area contributed by atoms with E-state index in [1.54, 1.807) is 29.4 Å². The zero-order valence-electron chi connectivity index (χ0n) is 17.1. The molecule has 10 heteroatoms. The number of benzene rings is 1. The van der Waals surface area contributed by atoms with Gasteiger partial charge in [-0.05, 0) is 31.5 Å². The van der Waals surface area contributed by atoms with Crippen LogP contribution in [0.1, 0.15) is 37.3 Å². The zero-order valence-corrected chi connectivity index (χ0v) is 17.1. The Bertz CT molecular complexity index is 986. The molecular weight excluding hydrogens is 402 g/mol. The Morgan fingerprint density at radius 1 is 1.19 bits per heavy atom. The minimum atomic E-state index is -0.476. The number of rotatable bonds is 12. The van der Waals surface area contributed by atoms with E-state index in [1.807, 2.05) is 6.07 Å². The molecule has 10 nitrogen and oxygen atoms in total. The number of carbonyl (C=O) groups is 1. The molecule has 0 fully saturated rings. The van der Waals surface area contributed by atoms with E-state index in [4.69, 9.17) is 14.7 Å². The average molecular weight is 427 g/mol. The number of hydrogen-bond acceptors (Lipinski definition) is 8. The third-order valence-corrected chi connectivity index (χ3v) is 4.75. The number of aromatic nitrogens is 2. The van der Waals surface area contributed by atoms with E-state index in [0.717, 1.165) is 19.3 Å². The lowest BCUT2D eigenvalue weighted by molar-refractivity contribution is -0.384. The van der Waals surface area contributed by atoms with Crippen molar-refractivity contribution in [3.63, 3.8) is 0 Å². The Labute approximate surface area is 179 Å². The highest BCUT2D eigenvalue weighted by atomic mass is 16.6. The molecule has 1 amide bonds. The van der Waals surface area contributed by atoms with Gasteiger partial charge in [-0.1, -0.05) is 23.7 Å². The second-order valence-corrected chi connectivity index (χ2v) is 7.06. The molecule has 0 aliphatic rings. The summed E-state index contributed by atoms with van der Waals surface area (Å²) < 4.78 is 10.7. The van der Waals surface area contributed by atoms with E-state index in [0.29, 0.717) is 49.7 Å². The fourth-order valence-corrected chi connectivity index (χ4v) is 3.10. The van der Waals surface area contributed by atoms with Crippen molar-refractivity contribution in [3.8, 4) is 11.4 Å². The van der Waals surface area contributed by atoms with Gasteiger partial charge in [0.1, 0.15) is 5.76 Å². The smallest absolute Gasteiger partial charge is 0.270 e. The first kappa shape index (κ1) is 22.2. The molecule has 0 saturated heterocycles. The molecule has 2 N–H and O–H groups in total. The Morgan fingerprint density at radius 2 is 2.06 bits per heavy atom.